The molecule has 2 heterocycles. The van der Waals surface area contributed by atoms with Gasteiger partial charge in [0, 0.05) is 31.9 Å². The van der Waals surface area contributed by atoms with Gasteiger partial charge < -0.3 is 14.5 Å². The molecule has 1 aliphatic rings. The summed E-state index contributed by atoms with van der Waals surface area (Å²) >= 11 is 0. The van der Waals surface area contributed by atoms with Gasteiger partial charge in [-0.05, 0) is 55.5 Å². The van der Waals surface area contributed by atoms with Crippen molar-refractivity contribution in [2.24, 2.45) is 0 Å². The molecule has 0 radical (unpaired) electrons. The van der Waals surface area contributed by atoms with Crippen molar-refractivity contribution in [1.82, 2.24) is 14.7 Å². The number of aromatic nitrogens is 2. The van der Waals surface area contributed by atoms with Gasteiger partial charge in [0.05, 0.1) is 24.1 Å². The summed E-state index contributed by atoms with van der Waals surface area (Å²) in [6.45, 7) is 3.53. The van der Waals surface area contributed by atoms with Crippen LogP contribution in [0.2, 0.25) is 0 Å². The fraction of sp³-hybridized carbons (Fsp3) is 0.304. The van der Waals surface area contributed by atoms with Crippen LogP contribution in [0.25, 0.3) is 5.69 Å². The smallest absolute Gasteiger partial charge is 0.416 e. The molecule has 0 N–H and O–H groups in total. The van der Waals surface area contributed by atoms with Gasteiger partial charge in [-0.15, -0.1) is 0 Å². The second-order valence-corrected chi connectivity index (χ2v) is 7.61. The molecule has 0 saturated carbocycles. The molecule has 1 aliphatic heterocycles. The third kappa shape index (κ3) is 4.42. The minimum atomic E-state index is -4.38. The van der Waals surface area contributed by atoms with Gasteiger partial charge in [0.2, 0.25) is 0 Å². The fourth-order valence-corrected chi connectivity index (χ4v) is 3.78. The lowest BCUT2D eigenvalue weighted by atomic mass is 10.1. The summed E-state index contributed by atoms with van der Waals surface area (Å²) in [5, 5.41) is 4.46. The Balaban J connectivity index is 1.49. The number of amides is 1. The van der Waals surface area contributed by atoms with Gasteiger partial charge in [-0.25, -0.2) is 4.68 Å². The monoisotopic (exact) mass is 444 g/mol. The molecule has 0 unspecified atom stereocenters. The van der Waals surface area contributed by atoms with E-state index in [0.717, 1.165) is 17.8 Å². The lowest BCUT2D eigenvalue weighted by Crippen LogP contribution is -2.49. The zero-order valence-corrected chi connectivity index (χ0v) is 17.8. The van der Waals surface area contributed by atoms with E-state index in [9.17, 15) is 18.0 Å². The van der Waals surface area contributed by atoms with E-state index in [1.54, 1.807) is 41.0 Å². The van der Waals surface area contributed by atoms with E-state index in [4.69, 9.17) is 4.74 Å². The first-order chi connectivity index (χ1) is 15.3. The van der Waals surface area contributed by atoms with Crippen LogP contribution < -0.4 is 9.64 Å². The molecule has 4 rings (SSSR count). The summed E-state index contributed by atoms with van der Waals surface area (Å²) < 4.78 is 45.9. The predicted octanol–water partition coefficient (Wildman–Crippen LogP) is 4.17. The number of ether oxygens (including phenoxy) is 1. The Labute approximate surface area is 183 Å². The number of carbonyl (C=O) groups excluding carboxylic acids is 1. The minimum absolute atomic E-state index is 0.162. The fourth-order valence-electron chi connectivity index (χ4n) is 3.78. The number of halogens is 3. The molecule has 0 aliphatic carbocycles. The van der Waals surface area contributed by atoms with E-state index in [2.05, 4.69) is 5.10 Å². The Hall–Kier alpha value is -3.49. The molecule has 6 nitrogen and oxygen atoms in total. The predicted molar refractivity (Wildman–Crippen MR) is 114 cm³/mol. The number of rotatable bonds is 4. The van der Waals surface area contributed by atoms with Crippen LogP contribution in [0.15, 0.2) is 54.6 Å². The molecular weight excluding hydrogens is 421 g/mol. The molecule has 2 aromatic carbocycles. The maximum absolute atomic E-state index is 13.2. The summed E-state index contributed by atoms with van der Waals surface area (Å²) in [7, 11) is 1.58. The number of methoxy groups -OCH3 is 1. The Morgan fingerprint density at radius 1 is 0.969 bits per heavy atom. The van der Waals surface area contributed by atoms with Gasteiger partial charge in [-0.2, -0.15) is 18.3 Å². The van der Waals surface area contributed by atoms with Gasteiger partial charge in [0.15, 0.2) is 0 Å². The number of carbonyl (C=O) groups is 1. The van der Waals surface area contributed by atoms with Gasteiger partial charge in [-0.3, -0.25) is 4.79 Å². The molecule has 32 heavy (non-hydrogen) atoms. The van der Waals surface area contributed by atoms with Crippen molar-refractivity contribution in [2.75, 3.05) is 38.2 Å². The molecule has 1 fully saturated rings. The third-order valence-corrected chi connectivity index (χ3v) is 5.47. The van der Waals surface area contributed by atoms with Crippen molar-refractivity contribution in [3.63, 3.8) is 0 Å². The lowest BCUT2D eigenvalue weighted by Gasteiger charge is -2.36. The van der Waals surface area contributed by atoms with Crippen LogP contribution in [-0.4, -0.2) is 53.9 Å². The Kier molecular flexibility index (Phi) is 5.82. The summed E-state index contributed by atoms with van der Waals surface area (Å²) in [5.74, 6) is 0.543. The Morgan fingerprint density at radius 2 is 1.66 bits per heavy atom. The second kappa shape index (κ2) is 8.57. The maximum atomic E-state index is 13.2. The van der Waals surface area contributed by atoms with Crippen molar-refractivity contribution in [3.8, 4) is 11.4 Å². The number of alkyl halides is 3. The number of nitrogens with zero attached hydrogens (tertiary/aromatic N) is 4. The summed E-state index contributed by atoms with van der Waals surface area (Å²) in [5.41, 5.74) is 1.73. The van der Waals surface area contributed by atoms with Gasteiger partial charge >= 0.3 is 6.18 Å². The SMILES string of the molecule is COc1ccc(-n2nc(C)cc2C(=O)N2CCN(c3cccc(C(F)(F)F)c3)CC2)cc1. The zero-order valence-electron chi connectivity index (χ0n) is 17.8. The highest BCUT2D eigenvalue weighted by atomic mass is 19.4. The molecule has 0 bridgehead atoms. The van der Waals surface area contributed by atoms with Gasteiger partial charge in [-0.1, -0.05) is 6.07 Å². The highest BCUT2D eigenvalue weighted by molar-refractivity contribution is 5.93. The number of benzene rings is 2. The number of piperazine rings is 1. The van der Waals surface area contributed by atoms with E-state index in [-0.39, 0.29) is 5.91 Å². The molecular formula is C23H23F3N4O2. The average molecular weight is 444 g/mol. The van der Waals surface area contributed by atoms with Crippen LogP contribution in [0.3, 0.4) is 0 Å². The van der Waals surface area contributed by atoms with Crippen molar-refractivity contribution in [3.05, 3.63) is 71.5 Å². The van der Waals surface area contributed by atoms with E-state index in [1.807, 2.05) is 24.0 Å². The van der Waals surface area contributed by atoms with Gasteiger partial charge in [0.1, 0.15) is 11.4 Å². The van der Waals surface area contributed by atoms with Crippen molar-refractivity contribution in [2.45, 2.75) is 13.1 Å². The third-order valence-electron chi connectivity index (χ3n) is 5.47. The quantitative estimate of drug-likeness (QED) is 0.606. The van der Waals surface area contributed by atoms with Gasteiger partial charge in [0.25, 0.3) is 5.91 Å². The van der Waals surface area contributed by atoms with Crippen molar-refractivity contribution in [1.29, 1.82) is 0 Å². The van der Waals surface area contributed by atoms with E-state index < -0.39 is 11.7 Å². The molecule has 0 atom stereocenters. The van der Waals surface area contributed by atoms with E-state index >= 15 is 0 Å². The largest absolute Gasteiger partial charge is 0.497 e. The molecule has 9 heteroatoms. The number of aryl methyl sites for hydroxylation is 1. The first-order valence-electron chi connectivity index (χ1n) is 10.2. The lowest BCUT2D eigenvalue weighted by molar-refractivity contribution is -0.137. The molecule has 168 valence electrons. The van der Waals surface area contributed by atoms with E-state index in [0.29, 0.717) is 49.0 Å². The summed E-state index contributed by atoms with van der Waals surface area (Å²) in [6.07, 6.45) is -4.38. The standard InChI is InChI=1S/C23H23F3N4O2/c1-16-14-21(30(27-16)18-6-8-20(32-2)9-7-18)22(31)29-12-10-28(11-13-29)19-5-3-4-17(15-19)23(24,25)26/h3-9,14-15H,10-13H2,1-2H3. The first kappa shape index (κ1) is 21.7. The van der Waals surface area contributed by atoms with E-state index in [1.165, 1.54) is 6.07 Å². The highest BCUT2D eigenvalue weighted by Gasteiger charge is 2.31. The van der Waals surface area contributed by atoms with Crippen LogP contribution in [-0.2, 0) is 6.18 Å². The number of hydrogen-bond donors (Lipinski definition) is 0. The second-order valence-electron chi connectivity index (χ2n) is 7.61. The summed E-state index contributed by atoms with van der Waals surface area (Å²) in [4.78, 5) is 16.8. The summed E-state index contributed by atoms with van der Waals surface area (Å²) in [6, 6.07) is 14.3. The minimum Gasteiger partial charge on any atom is -0.497 e. The van der Waals surface area contributed by atoms with Crippen LogP contribution in [0, 0.1) is 6.92 Å². The maximum Gasteiger partial charge on any atom is 0.416 e. The molecule has 1 amide bonds. The molecule has 1 aromatic heterocycles. The Bertz CT molecular complexity index is 1100. The normalized spacial score (nSPS) is 14.5. The number of anilines is 1. The van der Waals surface area contributed by atoms with Crippen LogP contribution in [0.5, 0.6) is 5.75 Å². The zero-order chi connectivity index (χ0) is 22.9. The average Bonchev–Trinajstić information content (AvgIpc) is 3.20. The molecule has 1 saturated heterocycles. The van der Waals surface area contributed by atoms with Crippen LogP contribution >= 0.6 is 0 Å². The van der Waals surface area contributed by atoms with Crippen molar-refractivity contribution < 1.29 is 22.7 Å². The highest BCUT2D eigenvalue weighted by Crippen LogP contribution is 2.32. The Morgan fingerprint density at radius 3 is 2.28 bits per heavy atom. The molecule has 0 spiro atoms. The molecule has 3 aromatic rings. The first-order valence-corrected chi connectivity index (χ1v) is 10.2. The van der Waals surface area contributed by atoms with Crippen LogP contribution in [0.4, 0.5) is 18.9 Å². The van der Waals surface area contributed by atoms with Crippen LogP contribution in [0.1, 0.15) is 21.7 Å². The topological polar surface area (TPSA) is 50.6 Å². The number of hydrogen-bond acceptors (Lipinski definition) is 4. The van der Waals surface area contributed by atoms with Crippen molar-refractivity contribution >= 4 is 11.6 Å².